The Hall–Kier alpha value is -2.29. The van der Waals surface area contributed by atoms with E-state index < -0.39 is 0 Å². The number of unbranched alkanes of at least 4 members (excludes halogenated alkanes) is 1. The van der Waals surface area contributed by atoms with Gasteiger partial charge in [-0.25, -0.2) is 4.98 Å². The molecule has 2 aromatic rings. The summed E-state index contributed by atoms with van der Waals surface area (Å²) in [4.78, 5) is 6.27. The summed E-state index contributed by atoms with van der Waals surface area (Å²) in [5.41, 5.74) is 3.41. The van der Waals surface area contributed by atoms with Gasteiger partial charge in [0, 0.05) is 31.0 Å². The number of hydrogen-bond donors (Lipinski definition) is 1. The van der Waals surface area contributed by atoms with Gasteiger partial charge in [0.15, 0.2) is 0 Å². The molecule has 1 aromatic carbocycles. The predicted octanol–water partition coefficient (Wildman–Crippen LogP) is 4.58. The molecular weight excluding hydrogens is 272 g/mol. The van der Waals surface area contributed by atoms with Gasteiger partial charge in [-0.2, -0.15) is 0 Å². The molecule has 0 saturated carbocycles. The third-order valence-corrected chi connectivity index (χ3v) is 3.66. The van der Waals surface area contributed by atoms with Crippen LogP contribution in [0.1, 0.15) is 37.8 Å². The van der Waals surface area contributed by atoms with Crippen LogP contribution in [0.15, 0.2) is 42.6 Å². The first kappa shape index (κ1) is 16.1. The van der Waals surface area contributed by atoms with Crippen LogP contribution in [-0.4, -0.2) is 23.2 Å². The Bertz CT molecular complexity index is 588. The molecule has 0 atom stereocenters. The van der Waals surface area contributed by atoms with E-state index in [9.17, 15) is 0 Å². The normalized spacial score (nSPS) is 11.0. The second-order valence-electron chi connectivity index (χ2n) is 5.31. The Kier molecular flexibility index (Phi) is 6.01. The number of pyridine rings is 1. The first-order chi connectivity index (χ1) is 10.7. The Morgan fingerprint density at radius 3 is 2.27 bits per heavy atom. The summed E-state index contributed by atoms with van der Waals surface area (Å²) >= 11 is 0. The summed E-state index contributed by atoms with van der Waals surface area (Å²) < 4.78 is 0. The molecule has 1 N–H and O–H groups in total. The maximum absolute atomic E-state index is 9.17. The molecule has 0 bridgehead atoms. The summed E-state index contributed by atoms with van der Waals surface area (Å²) in [7, 11) is 0. The van der Waals surface area contributed by atoms with Crippen molar-refractivity contribution >= 4 is 17.8 Å². The van der Waals surface area contributed by atoms with E-state index in [4.69, 9.17) is 5.11 Å². The van der Waals surface area contributed by atoms with E-state index >= 15 is 0 Å². The lowest BCUT2D eigenvalue weighted by Gasteiger charge is -2.22. The SMILES string of the molecule is CCCCN(CC)c1ccc(/C=C/c2ccc(O)nc2)cc1. The minimum atomic E-state index is 0.0493. The van der Waals surface area contributed by atoms with E-state index in [1.807, 2.05) is 12.1 Å². The Morgan fingerprint density at radius 2 is 1.68 bits per heavy atom. The number of anilines is 1. The average Bonchev–Trinajstić information content (AvgIpc) is 2.56. The summed E-state index contributed by atoms with van der Waals surface area (Å²) in [5.74, 6) is 0.0493. The number of aromatic hydroxyl groups is 1. The van der Waals surface area contributed by atoms with Crippen molar-refractivity contribution in [1.29, 1.82) is 0 Å². The largest absolute Gasteiger partial charge is 0.493 e. The molecule has 1 aromatic heterocycles. The summed E-state index contributed by atoms with van der Waals surface area (Å²) in [6, 6.07) is 12.1. The monoisotopic (exact) mass is 296 g/mol. The highest BCUT2D eigenvalue weighted by molar-refractivity contribution is 5.70. The zero-order chi connectivity index (χ0) is 15.8. The Balaban J connectivity index is 2.03. The second-order valence-corrected chi connectivity index (χ2v) is 5.31. The van der Waals surface area contributed by atoms with Gasteiger partial charge >= 0.3 is 0 Å². The van der Waals surface area contributed by atoms with Crippen LogP contribution in [0.4, 0.5) is 5.69 Å². The fraction of sp³-hybridized carbons (Fsp3) is 0.316. The number of benzene rings is 1. The minimum absolute atomic E-state index is 0.0493. The molecule has 0 spiro atoms. The van der Waals surface area contributed by atoms with Gasteiger partial charge in [-0.05, 0) is 42.7 Å². The van der Waals surface area contributed by atoms with Crippen molar-refractivity contribution in [3.63, 3.8) is 0 Å². The maximum Gasteiger partial charge on any atom is 0.210 e. The molecule has 0 aliphatic carbocycles. The van der Waals surface area contributed by atoms with E-state index in [0.29, 0.717) is 0 Å². The highest BCUT2D eigenvalue weighted by Gasteiger charge is 2.02. The van der Waals surface area contributed by atoms with Crippen LogP contribution in [0.2, 0.25) is 0 Å². The van der Waals surface area contributed by atoms with E-state index in [1.54, 1.807) is 12.3 Å². The maximum atomic E-state index is 9.17. The lowest BCUT2D eigenvalue weighted by molar-refractivity contribution is 0.453. The highest BCUT2D eigenvalue weighted by atomic mass is 16.3. The predicted molar refractivity (Wildman–Crippen MR) is 94.1 cm³/mol. The second kappa shape index (κ2) is 8.23. The number of rotatable bonds is 7. The van der Waals surface area contributed by atoms with Gasteiger partial charge in [-0.1, -0.05) is 37.6 Å². The van der Waals surface area contributed by atoms with Gasteiger partial charge in [-0.15, -0.1) is 0 Å². The Labute approximate surface area is 132 Å². The zero-order valence-corrected chi connectivity index (χ0v) is 13.4. The topological polar surface area (TPSA) is 36.4 Å². The van der Waals surface area contributed by atoms with Gasteiger partial charge in [0.1, 0.15) is 0 Å². The number of hydrogen-bond acceptors (Lipinski definition) is 3. The molecule has 0 fully saturated rings. The summed E-state index contributed by atoms with van der Waals surface area (Å²) in [5, 5.41) is 9.17. The molecule has 0 aliphatic heterocycles. The fourth-order valence-electron chi connectivity index (χ4n) is 2.30. The van der Waals surface area contributed by atoms with Crippen LogP contribution in [0, 0.1) is 0 Å². The highest BCUT2D eigenvalue weighted by Crippen LogP contribution is 2.17. The van der Waals surface area contributed by atoms with Crippen LogP contribution >= 0.6 is 0 Å². The van der Waals surface area contributed by atoms with Crippen LogP contribution in [-0.2, 0) is 0 Å². The number of nitrogens with zero attached hydrogens (tertiary/aromatic N) is 2. The van der Waals surface area contributed by atoms with Crippen LogP contribution in [0.3, 0.4) is 0 Å². The van der Waals surface area contributed by atoms with Gasteiger partial charge < -0.3 is 10.0 Å². The van der Waals surface area contributed by atoms with Gasteiger partial charge in [0.2, 0.25) is 5.88 Å². The van der Waals surface area contributed by atoms with Gasteiger partial charge in [-0.3, -0.25) is 0 Å². The first-order valence-electron chi connectivity index (χ1n) is 7.91. The van der Waals surface area contributed by atoms with E-state index in [0.717, 1.165) is 24.2 Å². The summed E-state index contributed by atoms with van der Waals surface area (Å²) in [6.45, 7) is 6.57. The lowest BCUT2D eigenvalue weighted by atomic mass is 10.1. The number of aromatic nitrogens is 1. The van der Waals surface area contributed by atoms with Crippen molar-refractivity contribution in [1.82, 2.24) is 4.98 Å². The third-order valence-electron chi connectivity index (χ3n) is 3.66. The molecule has 1 heterocycles. The molecule has 0 radical (unpaired) electrons. The minimum Gasteiger partial charge on any atom is -0.493 e. The lowest BCUT2D eigenvalue weighted by Crippen LogP contribution is -2.23. The first-order valence-corrected chi connectivity index (χ1v) is 7.91. The van der Waals surface area contributed by atoms with Crippen molar-refractivity contribution in [2.45, 2.75) is 26.7 Å². The zero-order valence-electron chi connectivity index (χ0n) is 13.4. The van der Waals surface area contributed by atoms with Crippen LogP contribution in [0.25, 0.3) is 12.2 Å². The molecule has 3 heteroatoms. The molecule has 0 aliphatic rings. The van der Waals surface area contributed by atoms with E-state index in [1.165, 1.54) is 18.5 Å². The average molecular weight is 296 g/mol. The fourth-order valence-corrected chi connectivity index (χ4v) is 2.30. The van der Waals surface area contributed by atoms with Crippen molar-refractivity contribution in [2.24, 2.45) is 0 Å². The van der Waals surface area contributed by atoms with Crippen LogP contribution in [0.5, 0.6) is 5.88 Å². The molecule has 22 heavy (non-hydrogen) atoms. The van der Waals surface area contributed by atoms with Crippen molar-refractivity contribution in [3.05, 3.63) is 53.7 Å². The van der Waals surface area contributed by atoms with E-state index in [2.05, 4.69) is 54.1 Å². The van der Waals surface area contributed by atoms with E-state index in [-0.39, 0.29) is 5.88 Å². The Morgan fingerprint density at radius 1 is 1.00 bits per heavy atom. The quantitative estimate of drug-likeness (QED) is 0.812. The molecule has 2 rings (SSSR count). The third kappa shape index (κ3) is 4.62. The summed E-state index contributed by atoms with van der Waals surface area (Å²) in [6.07, 6.45) is 8.15. The molecule has 0 saturated heterocycles. The van der Waals surface area contributed by atoms with Crippen molar-refractivity contribution in [2.75, 3.05) is 18.0 Å². The molecule has 0 unspecified atom stereocenters. The van der Waals surface area contributed by atoms with Crippen molar-refractivity contribution in [3.8, 4) is 5.88 Å². The molecular formula is C19H24N2O. The smallest absolute Gasteiger partial charge is 0.210 e. The molecule has 0 amide bonds. The van der Waals surface area contributed by atoms with Crippen molar-refractivity contribution < 1.29 is 5.11 Å². The standard InChI is InChI=1S/C19H24N2O/c1-3-5-14-21(4-2)18-11-8-16(9-12-18)6-7-17-10-13-19(22)20-15-17/h6-13,15H,3-5,14H2,1-2H3,(H,20,22)/b7-6+. The molecule has 3 nitrogen and oxygen atoms in total. The van der Waals surface area contributed by atoms with Crippen LogP contribution < -0.4 is 4.90 Å². The van der Waals surface area contributed by atoms with Gasteiger partial charge in [0.25, 0.3) is 0 Å². The van der Waals surface area contributed by atoms with Gasteiger partial charge in [0.05, 0.1) is 0 Å². The molecule has 116 valence electrons.